The van der Waals surface area contributed by atoms with E-state index in [-0.39, 0.29) is 0 Å². The molecule has 0 spiro atoms. The Kier molecular flexibility index (Phi) is 11.9. The number of unbranched alkanes of at least 4 members (excludes halogenated alkanes) is 1. The molecule has 3 N–H and O–H groups in total. The molecular weight excluding hydrogens is 390 g/mol. The standard InChI is InChI=1S/C24H37N5O2/c1-4-25-24(28-15-8-7-14-27-23-10-5-6-13-26-23)29-19-21-12-11-20(2)18-22(21)31-17-9-16-30-3/h5-6,10-13,18H,4,7-9,14-17,19H2,1-3H3,(H,26,27)(H2,25,28,29). The Hall–Kier alpha value is -2.80. The van der Waals surface area contributed by atoms with Gasteiger partial charge in [-0.1, -0.05) is 18.2 Å². The van der Waals surface area contributed by atoms with E-state index in [4.69, 9.17) is 14.5 Å². The summed E-state index contributed by atoms with van der Waals surface area (Å²) in [6.45, 7) is 8.64. The van der Waals surface area contributed by atoms with E-state index in [1.165, 1.54) is 5.56 Å². The molecule has 0 saturated carbocycles. The number of aromatic nitrogens is 1. The highest BCUT2D eigenvalue weighted by Crippen LogP contribution is 2.21. The number of rotatable bonds is 14. The molecule has 7 nitrogen and oxygen atoms in total. The van der Waals surface area contributed by atoms with Crippen molar-refractivity contribution in [1.82, 2.24) is 15.6 Å². The van der Waals surface area contributed by atoms with Gasteiger partial charge >= 0.3 is 0 Å². The van der Waals surface area contributed by atoms with Crippen molar-refractivity contribution < 1.29 is 9.47 Å². The van der Waals surface area contributed by atoms with Crippen LogP contribution in [0.3, 0.4) is 0 Å². The molecule has 0 atom stereocenters. The highest BCUT2D eigenvalue weighted by atomic mass is 16.5. The van der Waals surface area contributed by atoms with Crippen LogP contribution in [-0.4, -0.2) is 50.9 Å². The van der Waals surface area contributed by atoms with Gasteiger partial charge in [0.1, 0.15) is 11.6 Å². The molecule has 0 saturated heterocycles. The van der Waals surface area contributed by atoms with Crippen molar-refractivity contribution in [3.05, 3.63) is 53.7 Å². The van der Waals surface area contributed by atoms with Gasteiger partial charge in [0, 0.05) is 51.5 Å². The first kappa shape index (κ1) is 24.5. The van der Waals surface area contributed by atoms with Crippen molar-refractivity contribution in [2.75, 3.05) is 45.3 Å². The van der Waals surface area contributed by atoms with Gasteiger partial charge in [-0.3, -0.25) is 0 Å². The third kappa shape index (κ3) is 10.2. The number of anilines is 1. The third-order valence-electron chi connectivity index (χ3n) is 4.59. The molecule has 7 heteroatoms. The van der Waals surface area contributed by atoms with Crippen LogP contribution in [0.5, 0.6) is 5.75 Å². The van der Waals surface area contributed by atoms with Gasteiger partial charge in [0.15, 0.2) is 5.96 Å². The smallest absolute Gasteiger partial charge is 0.191 e. The molecule has 0 amide bonds. The van der Waals surface area contributed by atoms with Crippen LogP contribution >= 0.6 is 0 Å². The lowest BCUT2D eigenvalue weighted by Gasteiger charge is -2.14. The second kappa shape index (κ2) is 15.1. The number of pyridine rings is 1. The normalized spacial score (nSPS) is 11.3. The van der Waals surface area contributed by atoms with Gasteiger partial charge in [0.25, 0.3) is 0 Å². The van der Waals surface area contributed by atoms with Crippen LogP contribution in [0.25, 0.3) is 0 Å². The molecule has 0 fully saturated rings. The van der Waals surface area contributed by atoms with Crippen LogP contribution in [0, 0.1) is 6.92 Å². The van der Waals surface area contributed by atoms with Gasteiger partial charge < -0.3 is 25.4 Å². The van der Waals surface area contributed by atoms with E-state index in [9.17, 15) is 0 Å². The van der Waals surface area contributed by atoms with Gasteiger partial charge in [-0.15, -0.1) is 0 Å². The summed E-state index contributed by atoms with van der Waals surface area (Å²) in [6, 6.07) is 12.2. The molecule has 1 heterocycles. The van der Waals surface area contributed by atoms with Crippen LogP contribution in [0.4, 0.5) is 5.82 Å². The number of aryl methyl sites for hydroxylation is 1. The average molecular weight is 428 g/mol. The fourth-order valence-electron chi connectivity index (χ4n) is 2.96. The molecule has 0 radical (unpaired) electrons. The summed E-state index contributed by atoms with van der Waals surface area (Å²) >= 11 is 0. The molecule has 170 valence electrons. The predicted molar refractivity (Wildman–Crippen MR) is 128 cm³/mol. The molecule has 0 aliphatic carbocycles. The first-order chi connectivity index (χ1) is 15.2. The van der Waals surface area contributed by atoms with Gasteiger partial charge in [0.05, 0.1) is 13.2 Å². The quantitative estimate of drug-likeness (QED) is 0.242. The molecule has 31 heavy (non-hydrogen) atoms. The lowest BCUT2D eigenvalue weighted by molar-refractivity contribution is 0.172. The Balaban J connectivity index is 1.79. The largest absolute Gasteiger partial charge is 0.493 e. The van der Waals surface area contributed by atoms with E-state index in [1.54, 1.807) is 13.3 Å². The van der Waals surface area contributed by atoms with Crippen LogP contribution in [0.15, 0.2) is 47.6 Å². The predicted octanol–water partition coefficient (Wildman–Crippen LogP) is 3.75. The van der Waals surface area contributed by atoms with Crippen molar-refractivity contribution in [2.24, 2.45) is 4.99 Å². The van der Waals surface area contributed by atoms with Crippen molar-refractivity contribution in [1.29, 1.82) is 0 Å². The molecular formula is C24H37N5O2. The molecule has 2 aromatic rings. The lowest BCUT2D eigenvalue weighted by Crippen LogP contribution is -2.37. The zero-order chi connectivity index (χ0) is 22.2. The fourth-order valence-corrected chi connectivity index (χ4v) is 2.96. The molecule has 0 unspecified atom stereocenters. The van der Waals surface area contributed by atoms with E-state index in [0.717, 1.165) is 62.0 Å². The fraction of sp³-hybridized carbons (Fsp3) is 0.500. The maximum Gasteiger partial charge on any atom is 0.191 e. The summed E-state index contributed by atoms with van der Waals surface area (Å²) < 4.78 is 11.1. The summed E-state index contributed by atoms with van der Waals surface area (Å²) in [5, 5.41) is 10.1. The Morgan fingerprint density at radius 1 is 1.03 bits per heavy atom. The number of hydrogen-bond acceptors (Lipinski definition) is 5. The third-order valence-corrected chi connectivity index (χ3v) is 4.59. The number of ether oxygens (including phenoxy) is 2. The van der Waals surface area contributed by atoms with Crippen LogP contribution in [0.2, 0.25) is 0 Å². The minimum absolute atomic E-state index is 0.566. The van der Waals surface area contributed by atoms with Crippen LogP contribution in [-0.2, 0) is 11.3 Å². The van der Waals surface area contributed by atoms with Crippen molar-refractivity contribution in [3.8, 4) is 5.75 Å². The zero-order valence-corrected chi connectivity index (χ0v) is 19.1. The molecule has 1 aromatic carbocycles. The molecule has 0 bridgehead atoms. The van der Waals surface area contributed by atoms with Gasteiger partial charge in [-0.2, -0.15) is 0 Å². The molecule has 2 rings (SSSR count). The minimum atomic E-state index is 0.566. The summed E-state index contributed by atoms with van der Waals surface area (Å²) in [6.07, 6.45) is 4.77. The van der Waals surface area contributed by atoms with E-state index in [1.807, 2.05) is 18.2 Å². The van der Waals surface area contributed by atoms with Gasteiger partial charge in [0.2, 0.25) is 0 Å². The van der Waals surface area contributed by atoms with E-state index >= 15 is 0 Å². The molecule has 1 aromatic heterocycles. The molecule has 0 aliphatic heterocycles. The number of aliphatic imine (C=N–C) groups is 1. The van der Waals surface area contributed by atoms with Crippen molar-refractivity contribution in [3.63, 3.8) is 0 Å². The number of benzene rings is 1. The first-order valence-electron chi connectivity index (χ1n) is 11.1. The number of guanidine groups is 1. The average Bonchev–Trinajstić information content (AvgIpc) is 2.79. The highest BCUT2D eigenvalue weighted by molar-refractivity contribution is 5.79. The second-order valence-corrected chi connectivity index (χ2v) is 7.28. The van der Waals surface area contributed by atoms with Gasteiger partial charge in [-0.25, -0.2) is 9.98 Å². The van der Waals surface area contributed by atoms with Crippen molar-refractivity contribution >= 4 is 11.8 Å². The molecule has 0 aliphatic rings. The zero-order valence-electron chi connectivity index (χ0n) is 19.1. The maximum atomic E-state index is 5.97. The lowest BCUT2D eigenvalue weighted by atomic mass is 10.1. The minimum Gasteiger partial charge on any atom is -0.493 e. The Bertz CT molecular complexity index is 768. The summed E-state index contributed by atoms with van der Waals surface area (Å²) in [4.78, 5) is 9.02. The Labute approximate surface area is 186 Å². The summed E-state index contributed by atoms with van der Waals surface area (Å²) in [5.74, 6) is 2.64. The maximum absolute atomic E-state index is 5.97. The monoisotopic (exact) mass is 427 g/mol. The topological polar surface area (TPSA) is 79.8 Å². The Morgan fingerprint density at radius 2 is 1.90 bits per heavy atom. The highest BCUT2D eigenvalue weighted by Gasteiger charge is 2.05. The van der Waals surface area contributed by atoms with E-state index in [0.29, 0.717) is 19.8 Å². The second-order valence-electron chi connectivity index (χ2n) is 7.28. The Morgan fingerprint density at radius 3 is 2.68 bits per heavy atom. The number of nitrogens with zero attached hydrogens (tertiary/aromatic N) is 2. The van der Waals surface area contributed by atoms with Crippen LogP contribution in [0.1, 0.15) is 37.3 Å². The van der Waals surface area contributed by atoms with E-state index < -0.39 is 0 Å². The summed E-state index contributed by atoms with van der Waals surface area (Å²) in [7, 11) is 1.71. The van der Waals surface area contributed by atoms with Gasteiger partial charge in [-0.05, 0) is 50.5 Å². The number of hydrogen-bond donors (Lipinski definition) is 3. The summed E-state index contributed by atoms with van der Waals surface area (Å²) in [5.41, 5.74) is 2.26. The van der Waals surface area contributed by atoms with E-state index in [2.05, 4.69) is 53.0 Å². The SMILES string of the molecule is CCNC(=NCc1ccc(C)cc1OCCCOC)NCCCCNc1ccccn1. The van der Waals surface area contributed by atoms with Crippen molar-refractivity contribution in [2.45, 2.75) is 39.7 Å². The first-order valence-corrected chi connectivity index (χ1v) is 11.1. The number of methoxy groups -OCH3 is 1. The number of nitrogens with one attached hydrogen (secondary N) is 3. The van der Waals surface area contributed by atoms with Crippen LogP contribution < -0.4 is 20.7 Å².